The monoisotopic (exact) mass is 641 g/mol. The molecule has 248 valence electrons. The summed E-state index contributed by atoms with van der Waals surface area (Å²) in [5.41, 5.74) is 0.305. The van der Waals surface area contributed by atoms with Gasteiger partial charge in [0.1, 0.15) is 17.3 Å². The lowest BCUT2D eigenvalue weighted by molar-refractivity contribution is -0.164. The summed E-state index contributed by atoms with van der Waals surface area (Å²) in [6.45, 7) is 2.32. The van der Waals surface area contributed by atoms with E-state index in [1.54, 1.807) is 11.0 Å². The molecule has 0 unspecified atom stereocenters. The number of carboxylic acids is 1. The van der Waals surface area contributed by atoms with Gasteiger partial charge in [-0.25, -0.2) is 4.79 Å². The van der Waals surface area contributed by atoms with Crippen molar-refractivity contribution in [1.82, 2.24) is 15.1 Å². The number of piperazine rings is 1. The second-order valence-electron chi connectivity index (χ2n) is 13.1. The maximum atomic E-state index is 14.1. The van der Waals surface area contributed by atoms with Crippen molar-refractivity contribution in [3.05, 3.63) is 89.5 Å². The molecule has 3 fully saturated rings. The molecule has 3 aromatic carbocycles. The minimum absolute atomic E-state index is 0.106. The number of aliphatic hydroxyl groups is 1. The minimum atomic E-state index is -1.04. The third-order valence-corrected chi connectivity index (χ3v) is 10.0. The van der Waals surface area contributed by atoms with E-state index in [2.05, 4.69) is 10.2 Å². The van der Waals surface area contributed by atoms with Gasteiger partial charge in [0.15, 0.2) is 11.5 Å². The Balaban J connectivity index is 1.12. The van der Waals surface area contributed by atoms with Crippen LogP contribution in [0.5, 0.6) is 17.2 Å². The number of likely N-dealkylation sites (tertiary alicyclic amines) is 1. The van der Waals surface area contributed by atoms with Gasteiger partial charge in [-0.3, -0.25) is 14.5 Å². The predicted octanol–water partition coefficient (Wildman–Crippen LogP) is 5.13. The average Bonchev–Trinajstić information content (AvgIpc) is 3.08. The molecule has 47 heavy (non-hydrogen) atoms. The summed E-state index contributed by atoms with van der Waals surface area (Å²) in [7, 11) is 1.47. The molecule has 2 aliphatic heterocycles. The van der Waals surface area contributed by atoms with Gasteiger partial charge < -0.3 is 29.9 Å². The number of methoxy groups -OCH3 is 1. The molecule has 2 amide bonds. The van der Waals surface area contributed by atoms with Crippen LogP contribution < -0.4 is 14.8 Å². The molecule has 0 bridgehead atoms. The number of benzene rings is 3. The second kappa shape index (κ2) is 13.8. The molecule has 3 aliphatic rings. The van der Waals surface area contributed by atoms with E-state index in [-0.39, 0.29) is 23.8 Å². The van der Waals surface area contributed by atoms with Gasteiger partial charge in [-0.05, 0) is 67.1 Å². The van der Waals surface area contributed by atoms with E-state index in [0.29, 0.717) is 69.1 Å². The molecule has 1 aliphatic carbocycles. The molecule has 10 nitrogen and oxygen atoms in total. The van der Waals surface area contributed by atoms with Gasteiger partial charge in [0.05, 0.1) is 18.3 Å². The number of carbonyl (C=O) groups excluding carboxylic acids is 2. The number of aromatic carboxylic acids is 1. The highest BCUT2D eigenvalue weighted by Crippen LogP contribution is 2.39. The van der Waals surface area contributed by atoms with Crippen molar-refractivity contribution >= 4 is 17.8 Å². The summed E-state index contributed by atoms with van der Waals surface area (Å²) >= 11 is 0. The minimum Gasteiger partial charge on any atom is -0.493 e. The topological polar surface area (TPSA) is 129 Å². The molecule has 1 saturated carbocycles. The predicted molar refractivity (Wildman–Crippen MR) is 175 cm³/mol. The number of nitrogens with one attached hydrogen (secondary N) is 1. The van der Waals surface area contributed by atoms with Gasteiger partial charge >= 0.3 is 5.97 Å². The van der Waals surface area contributed by atoms with Crippen LogP contribution in [-0.4, -0.2) is 75.2 Å². The van der Waals surface area contributed by atoms with E-state index in [0.717, 1.165) is 30.4 Å². The van der Waals surface area contributed by atoms with Crippen LogP contribution in [0.3, 0.4) is 0 Å². The smallest absolute Gasteiger partial charge is 0.335 e. The van der Waals surface area contributed by atoms with Gasteiger partial charge in [0, 0.05) is 32.6 Å². The largest absolute Gasteiger partial charge is 0.493 e. The molecule has 0 radical (unpaired) electrons. The highest BCUT2D eigenvalue weighted by molar-refractivity contribution is 6.00. The third kappa shape index (κ3) is 7.13. The molecular formula is C37H43N3O7. The number of hydrogen-bond donors (Lipinski definition) is 3. The fourth-order valence-corrected chi connectivity index (χ4v) is 7.31. The number of piperidine rings is 1. The number of rotatable bonds is 10. The molecule has 2 saturated heterocycles. The summed E-state index contributed by atoms with van der Waals surface area (Å²) in [5, 5.41) is 23.6. The Morgan fingerprint density at radius 1 is 0.872 bits per heavy atom. The maximum absolute atomic E-state index is 14.1. The summed E-state index contributed by atoms with van der Waals surface area (Å²) in [4.78, 5) is 43.5. The number of hydrogen-bond acceptors (Lipinski definition) is 7. The second-order valence-corrected chi connectivity index (χ2v) is 13.1. The lowest BCUT2D eigenvalue weighted by atomic mass is 9.77. The van der Waals surface area contributed by atoms with E-state index in [9.17, 15) is 24.6 Å². The van der Waals surface area contributed by atoms with Crippen LogP contribution in [0.25, 0.3) is 0 Å². The number of nitrogens with zero attached hydrogens (tertiary/aromatic N) is 2. The zero-order valence-electron chi connectivity index (χ0n) is 26.8. The summed E-state index contributed by atoms with van der Waals surface area (Å²) in [5.74, 6) is 0.0761. The van der Waals surface area contributed by atoms with Crippen LogP contribution in [0.2, 0.25) is 0 Å². The number of amides is 2. The first-order valence-electron chi connectivity index (χ1n) is 16.5. The van der Waals surface area contributed by atoms with Gasteiger partial charge in [-0.15, -0.1) is 0 Å². The first kappa shape index (κ1) is 32.5. The van der Waals surface area contributed by atoms with Crippen molar-refractivity contribution in [2.24, 2.45) is 0 Å². The van der Waals surface area contributed by atoms with Crippen LogP contribution in [0, 0.1) is 0 Å². The lowest BCUT2D eigenvalue weighted by Gasteiger charge is -2.52. The van der Waals surface area contributed by atoms with Gasteiger partial charge in [-0.1, -0.05) is 61.7 Å². The zero-order chi connectivity index (χ0) is 33.0. The van der Waals surface area contributed by atoms with Crippen molar-refractivity contribution in [3.8, 4) is 17.2 Å². The van der Waals surface area contributed by atoms with Crippen LogP contribution in [0.1, 0.15) is 72.9 Å². The summed E-state index contributed by atoms with van der Waals surface area (Å²) in [6, 6.07) is 21.2. The summed E-state index contributed by atoms with van der Waals surface area (Å²) in [6.07, 6.45) is 5.57. The Labute approximate surface area is 275 Å². The molecule has 3 N–H and O–H groups in total. The SMILES string of the molecule is COc1cc(C(=O)O)ccc1Oc1ccc(CN2CCC3(CC2)C(=O)N[C@H](CC2(O)CCCCC2)C(=O)N3Cc2ccccc2)cc1. The maximum Gasteiger partial charge on any atom is 0.335 e. The van der Waals surface area contributed by atoms with Crippen molar-refractivity contribution in [2.75, 3.05) is 20.2 Å². The zero-order valence-corrected chi connectivity index (χ0v) is 26.8. The van der Waals surface area contributed by atoms with Crippen LogP contribution >= 0.6 is 0 Å². The Bertz CT molecular complexity index is 1580. The fraction of sp³-hybridized carbons (Fsp3) is 0.432. The van der Waals surface area contributed by atoms with E-state index in [1.165, 1.54) is 19.2 Å². The van der Waals surface area contributed by atoms with E-state index >= 15 is 0 Å². The first-order valence-corrected chi connectivity index (χ1v) is 16.5. The van der Waals surface area contributed by atoms with Gasteiger partial charge in [0.25, 0.3) is 0 Å². The van der Waals surface area contributed by atoms with E-state index < -0.39 is 23.2 Å². The quantitative estimate of drug-likeness (QED) is 0.278. The van der Waals surface area contributed by atoms with Crippen LogP contribution in [0.4, 0.5) is 0 Å². The Morgan fingerprint density at radius 3 is 2.21 bits per heavy atom. The standard InChI is InChI=1S/C37H43N3O7/c1-46-32-22-28(34(42)43)12-15-31(32)47-29-13-10-27(11-14-29)24-39-20-18-37(19-21-39)35(44)38-30(23-36(45)16-6-3-7-17-36)33(41)40(37)25-26-8-4-2-5-9-26/h2,4-5,8-15,22,30,45H,3,6-7,16-21,23-25H2,1H3,(H,38,44)(H,42,43)/t30-/m1/s1. The average molecular weight is 642 g/mol. The van der Waals surface area contributed by atoms with Crippen molar-refractivity contribution < 1.29 is 34.1 Å². The van der Waals surface area contributed by atoms with E-state index in [4.69, 9.17) is 9.47 Å². The molecule has 10 heteroatoms. The van der Waals surface area contributed by atoms with Crippen LogP contribution in [0.15, 0.2) is 72.8 Å². The lowest BCUT2D eigenvalue weighted by Crippen LogP contribution is -2.73. The molecule has 1 spiro atoms. The fourth-order valence-electron chi connectivity index (χ4n) is 7.31. The van der Waals surface area contributed by atoms with Crippen molar-refractivity contribution in [1.29, 1.82) is 0 Å². The molecule has 2 heterocycles. The number of ether oxygens (including phenoxy) is 2. The van der Waals surface area contributed by atoms with Crippen LogP contribution in [-0.2, 0) is 22.7 Å². The molecule has 3 aromatic rings. The number of carboxylic acid groups (broad SMARTS) is 1. The molecular weight excluding hydrogens is 598 g/mol. The van der Waals surface area contributed by atoms with Gasteiger partial charge in [0.2, 0.25) is 11.8 Å². The molecule has 6 rings (SSSR count). The molecule has 0 aromatic heterocycles. The highest BCUT2D eigenvalue weighted by Gasteiger charge is 2.54. The highest BCUT2D eigenvalue weighted by atomic mass is 16.5. The van der Waals surface area contributed by atoms with E-state index in [1.807, 2.05) is 54.6 Å². The van der Waals surface area contributed by atoms with Gasteiger partial charge in [-0.2, -0.15) is 0 Å². The number of carbonyl (C=O) groups is 3. The Kier molecular flexibility index (Phi) is 9.52. The third-order valence-electron chi connectivity index (χ3n) is 10.0. The Morgan fingerprint density at radius 2 is 1.55 bits per heavy atom. The Hall–Kier alpha value is -4.41. The van der Waals surface area contributed by atoms with Crippen molar-refractivity contribution in [3.63, 3.8) is 0 Å². The normalized spacial score (nSPS) is 20.9. The first-order chi connectivity index (χ1) is 22.7. The molecule has 1 atom stereocenters. The van der Waals surface area contributed by atoms with Crippen molar-refractivity contribution in [2.45, 2.75) is 81.6 Å². The summed E-state index contributed by atoms with van der Waals surface area (Å²) < 4.78 is 11.3.